The van der Waals surface area contributed by atoms with Crippen LogP contribution in [0, 0.1) is 0 Å². The van der Waals surface area contributed by atoms with Gasteiger partial charge in [0.05, 0.1) is 19.0 Å². The van der Waals surface area contributed by atoms with Crippen LogP contribution in [0.4, 0.5) is 5.82 Å². The molecule has 0 saturated carbocycles. The smallest absolute Gasteiger partial charge is 0.336 e. The topological polar surface area (TPSA) is 102 Å². The minimum Gasteiger partial charge on any atom is -0.508 e. The Bertz CT molecular complexity index is 1260. The van der Waals surface area contributed by atoms with Crippen LogP contribution in [0.2, 0.25) is 0 Å². The zero-order valence-corrected chi connectivity index (χ0v) is 14.9. The van der Waals surface area contributed by atoms with Crippen molar-refractivity contribution in [3.63, 3.8) is 0 Å². The molecule has 2 N–H and O–H groups in total. The van der Waals surface area contributed by atoms with Gasteiger partial charge in [0, 0.05) is 22.9 Å². The number of phenols is 1. The lowest BCUT2D eigenvalue weighted by molar-refractivity contribution is -0.115. The van der Waals surface area contributed by atoms with Gasteiger partial charge in [0.1, 0.15) is 22.9 Å². The van der Waals surface area contributed by atoms with Gasteiger partial charge in [-0.1, -0.05) is 0 Å². The summed E-state index contributed by atoms with van der Waals surface area (Å²) in [4.78, 5) is 28.7. The lowest BCUT2D eigenvalue weighted by Crippen LogP contribution is -2.16. The SMILES string of the molecule is COc1ccc2nc(NC(=O)Cc3cc(=O)oc4cc(O)ccc34)ccc2c1. The van der Waals surface area contributed by atoms with Gasteiger partial charge in [0.15, 0.2) is 0 Å². The van der Waals surface area contributed by atoms with Crippen molar-refractivity contribution >= 4 is 33.6 Å². The minimum absolute atomic E-state index is 0.0192. The number of carbonyl (C=O) groups excluding carboxylic acids is 1. The van der Waals surface area contributed by atoms with Crippen molar-refractivity contribution in [2.24, 2.45) is 0 Å². The van der Waals surface area contributed by atoms with E-state index in [4.69, 9.17) is 9.15 Å². The fraction of sp³-hybridized carbons (Fsp3) is 0.0952. The molecular formula is C21H16N2O5. The second kappa shape index (κ2) is 7.03. The molecule has 0 aliphatic rings. The summed E-state index contributed by atoms with van der Waals surface area (Å²) < 4.78 is 10.3. The summed E-state index contributed by atoms with van der Waals surface area (Å²) in [5.41, 5.74) is 0.876. The highest BCUT2D eigenvalue weighted by Gasteiger charge is 2.12. The van der Waals surface area contributed by atoms with Crippen LogP contribution in [-0.4, -0.2) is 23.1 Å². The predicted molar refractivity (Wildman–Crippen MR) is 105 cm³/mol. The van der Waals surface area contributed by atoms with E-state index in [1.807, 2.05) is 18.2 Å². The fourth-order valence-electron chi connectivity index (χ4n) is 3.03. The lowest BCUT2D eigenvalue weighted by atomic mass is 10.1. The number of aromatic nitrogens is 1. The molecule has 1 amide bonds. The summed E-state index contributed by atoms with van der Waals surface area (Å²) in [6, 6.07) is 14.7. The maximum Gasteiger partial charge on any atom is 0.336 e. The van der Waals surface area contributed by atoms with Gasteiger partial charge in [-0.3, -0.25) is 4.79 Å². The van der Waals surface area contributed by atoms with Crippen LogP contribution in [-0.2, 0) is 11.2 Å². The zero-order chi connectivity index (χ0) is 19.7. The number of methoxy groups -OCH3 is 1. The number of rotatable bonds is 4. The molecule has 0 radical (unpaired) electrons. The summed E-state index contributed by atoms with van der Waals surface area (Å²) in [5.74, 6) is 0.800. The van der Waals surface area contributed by atoms with E-state index in [0.717, 1.165) is 16.7 Å². The Balaban J connectivity index is 1.59. The van der Waals surface area contributed by atoms with Crippen LogP contribution in [0.1, 0.15) is 5.56 Å². The standard InChI is InChI=1S/C21H16N2O5/c1-27-15-4-6-17-12(8-15)2-7-19(22-17)23-20(25)9-13-10-21(26)28-18-11-14(24)3-5-16(13)18/h2-8,10-11,24H,9H2,1H3,(H,22,23,25). The van der Waals surface area contributed by atoms with Crippen LogP contribution in [0.15, 0.2) is 63.8 Å². The maximum atomic E-state index is 12.5. The van der Waals surface area contributed by atoms with Gasteiger partial charge >= 0.3 is 5.63 Å². The number of phenolic OH excluding ortho intramolecular Hbond substituents is 1. The number of benzene rings is 2. The number of pyridine rings is 1. The number of ether oxygens (including phenoxy) is 1. The molecule has 4 rings (SSSR count). The molecule has 0 aliphatic heterocycles. The molecule has 4 aromatic rings. The monoisotopic (exact) mass is 376 g/mol. The number of nitrogens with zero attached hydrogens (tertiary/aromatic N) is 1. The Hall–Kier alpha value is -3.87. The molecule has 2 aromatic carbocycles. The van der Waals surface area contributed by atoms with E-state index in [0.29, 0.717) is 16.8 Å². The van der Waals surface area contributed by atoms with E-state index >= 15 is 0 Å². The third kappa shape index (κ3) is 3.50. The Labute approximate surface area is 159 Å². The molecule has 0 bridgehead atoms. The molecule has 2 aromatic heterocycles. The molecule has 0 spiro atoms. The number of hydrogen-bond donors (Lipinski definition) is 2. The number of carbonyl (C=O) groups is 1. The number of amides is 1. The van der Waals surface area contributed by atoms with Crippen LogP contribution in [0.25, 0.3) is 21.9 Å². The number of hydrogen-bond acceptors (Lipinski definition) is 6. The summed E-state index contributed by atoms with van der Waals surface area (Å²) >= 11 is 0. The molecule has 0 atom stereocenters. The lowest BCUT2D eigenvalue weighted by Gasteiger charge is -2.08. The Kier molecular flexibility index (Phi) is 4.41. The second-order valence-corrected chi connectivity index (χ2v) is 6.25. The molecule has 7 heteroatoms. The fourth-order valence-corrected chi connectivity index (χ4v) is 3.03. The largest absolute Gasteiger partial charge is 0.508 e. The summed E-state index contributed by atoms with van der Waals surface area (Å²) in [7, 11) is 1.60. The van der Waals surface area contributed by atoms with Gasteiger partial charge in [-0.2, -0.15) is 0 Å². The molecule has 140 valence electrons. The first-order valence-electron chi connectivity index (χ1n) is 8.52. The number of anilines is 1. The first-order valence-corrected chi connectivity index (χ1v) is 8.52. The van der Waals surface area contributed by atoms with E-state index in [-0.39, 0.29) is 23.7 Å². The molecule has 28 heavy (non-hydrogen) atoms. The third-order valence-electron chi connectivity index (χ3n) is 4.33. The molecule has 7 nitrogen and oxygen atoms in total. The average molecular weight is 376 g/mol. The second-order valence-electron chi connectivity index (χ2n) is 6.25. The van der Waals surface area contributed by atoms with Crippen molar-refractivity contribution in [2.45, 2.75) is 6.42 Å². The van der Waals surface area contributed by atoms with Crippen LogP contribution in [0.3, 0.4) is 0 Å². The van der Waals surface area contributed by atoms with Crippen molar-refractivity contribution in [3.8, 4) is 11.5 Å². The quantitative estimate of drug-likeness (QED) is 0.530. The van der Waals surface area contributed by atoms with Crippen molar-refractivity contribution in [1.29, 1.82) is 0 Å². The Morgan fingerprint density at radius 2 is 2.00 bits per heavy atom. The van der Waals surface area contributed by atoms with Crippen molar-refractivity contribution in [1.82, 2.24) is 4.98 Å². The van der Waals surface area contributed by atoms with Crippen molar-refractivity contribution < 1.29 is 19.1 Å². The summed E-state index contributed by atoms with van der Waals surface area (Å²) in [5, 5.41) is 13.8. The van der Waals surface area contributed by atoms with Gasteiger partial charge < -0.3 is 19.6 Å². The van der Waals surface area contributed by atoms with Crippen LogP contribution in [0.5, 0.6) is 11.5 Å². The van der Waals surface area contributed by atoms with Gasteiger partial charge in [0.2, 0.25) is 5.91 Å². The highest BCUT2D eigenvalue weighted by atomic mass is 16.5. The highest BCUT2D eigenvalue weighted by Crippen LogP contribution is 2.23. The van der Waals surface area contributed by atoms with Crippen LogP contribution < -0.4 is 15.7 Å². The molecule has 0 fully saturated rings. The van der Waals surface area contributed by atoms with E-state index in [2.05, 4.69) is 10.3 Å². The number of nitrogens with one attached hydrogen (secondary N) is 1. The van der Waals surface area contributed by atoms with Gasteiger partial charge in [0.25, 0.3) is 0 Å². The molecule has 0 unspecified atom stereocenters. The Morgan fingerprint density at radius 3 is 2.82 bits per heavy atom. The zero-order valence-electron chi connectivity index (χ0n) is 14.9. The van der Waals surface area contributed by atoms with E-state index in [1.165, 1.54) is 18.2 Å². The van der Waals surface area contributed by atoms with Crippen molar-refractivity contribution in [2.75, 3.05) is 12.4 Å². The summed E-state index contributed by atoms with van der Waals surface area (Å²) in [6.45, 7) is 0. The maximum absolute atomic E-state index is 12.5. The first kappa shape index (κ1) is 17.5. The molecule has 2 heterocycles. The molecular weight excluding hydrogens is 360 g/mol. The van der Waals surface area contributed by atoms with Gasteiger partial charge in [-0.05, 0) is 48.0 Å². The number of aromatic hydroxyl groups is 1. The van der Waals surface area contributed by atoms with Gasteiger partial charge in [-0.15, -0.1) is 0 Å². The van der Waals surface area contributed by atoms with E-state index in [1.54, 1.807) is 25.3 Å². The van der Waals surface area contributed by atoms with E-state index in [9.17, 15) is 14.7 Å². The average Bonchev–Trinajstić information content (AvgIpc) is 2.67. The first-order chi connectivity index (χ1) is 13.5. The predicted octanol–water partition coefficient (Wildman–Crippen LogP) is 3.24. The third-order valence-corrected chi connectivity index (χ3v) is 4.33. The molecule has 0 saturated heterocycles. The Morgan fingerprint density at radius 1 is 1.14 bits per heavy atom. The normalized spacial score (nSPS) is 10.9. The van der Waals surface area contributed by atoms with Gasteiger partial charge in [-0.25, -0.2) is 9.78 Å². The number of fused-ring (bicyclic) bond motifs is 2. The van der Waals surface area contributed by atoms with Crippen molar-refractivity contribution in [3.05, 3.63) is 70.6 Å². The highest BCUT2D eigenvalue weighted by molar-refractivity contribution is 5.95. The molecule has 0 aliphatic carbocycles. The minimum atomic E-state index is -0.585. The summed E-state index contributed by atoms with van der Waals surface area (Å²) in [6.07, 6.45) is -0.0325. The van der Waals surface area contributed by atoms with Crippen LogP contribution >= 0.6 is 0 Å². The van der Waals surface area contributed by atoms with E-state index < -0.39 is 5.63 Å².